The van der Waals surface area contributed by atoms with Gasteiger partial charge in [-0.1, -0.05) is 20.8 Å². The smallest absolute Gasteiger partial charge is 0.130 e. The van der Waals surface area contributed by atoms with Crippen molar-refractivity contribution in [1.82, 2.24) is 0 Å². The standard InChI is InChI=1S/C15H23ClO3/c1-9(2)10(3)15(16)14-12(18-5)7-11(17-4)8-13(14)19-6/h7-10,15H,1-6H3. The van der Waals surface area contributed by atoms with Crippen LogP contribution in [0.15, 0.2) is 12.1 Å². The van der Waals surface area contributed by atoms with Crippen molar-refractivity contribution in [2.75, 3.05) is 21.3 Å². The Bertz CT molecular complexity index is 393. The molecule has 2 atom stereocenters. The summed E-state index contributed by atoms with van der Waals surface area (Å²) in [6.45, 7) is 6.44. The Labute approximate surface area is 120 Å². The lowest BCUT2D eigenvalue weighted by Gasteiger charge is -2.25. The maximum absolute atomic E-state index is 6.61. The Balaban J connectivity index is 3.31. The van der Waals surface area contributed by atoms with Gasteiger partial charge in [0.05, 0.1) is 32.3 Å². The van der Waals surface area contributed by atoms with Gasteiger partial charge in [0.15, 0.2) is 0 Å². The summed E-state index contributed by atoms with van der Waals surface area (Å²) in [5.41, 5.74) is 0.883. The molecular weight excluding hydrogens is 264 g/mol. The summed E-state index contributed by atoms with van der Waals surface area (Å²) < 4.78 is 16.1. The zero-order chi connectivity index (χ0) is 14.6. The summed E-state index contributed by atoms with van der Waals surface area (Å²) in [6, 6.07) is 3.67. The van der Waals surface area contributed by atoms with Gasteiger partial charge in [-0.3, -0.25) is 0 Å². The normalized spacial score (nSPS) is 14.1. The summed E-state index contributed by atoms with van der Waals surface area (Å²) in [7, 11) is 4.87. The first-order chi connectivity index (χ1) is 8.96. The number of ether oxygens (including phenoxy) is 3. The van der Waals surface area contributed by atoms with Gasteiger partial charge in [0.25, 0.3) is 0 Å². The predicted octanol–water partition coefficient (Wildman–Crippen LogP) is 4.28. The second-order valence-corrected chi connectivity index (χ2v) is 5.42. The molecule has 108 valence electrons. The number of methoxy groups -OCH3 is 3. The van der Waals surface area contributed by atoms with Crippen LogP contribution in [0.4, 0.5) is 0 Å². The summed E-state index contributed by atoms with van der Waals surface area (Å²) >= 11 is 6.61. The van der Waals surface area contributed by atoms with E-state index in [-0.39, 0.29) is 5.38 Å². The average molecular weight is 287 g/mol. The molecule has 3 nitrogen and oxygen atoms in total. The molecule has 0 fully saturated rings. The van der Waals surface area contributed by atoms with E-state index in [9.17, 15) is 0 Å². The first kappa shape index (κ1) is 16.0. The predicted molar refractivity (Wildman–Crippen MR) is 78.7 cm³/mol. The number of halogens is 1. The van der Waals surface area contributed by atoms with Crippen molar-refractivity contribution in [3.63, 3.8) is 0 Å². The van der Waals surface area contributed by atoms with Crippen LogP contribution in [-0.4, -0.2) is 21.3 Å². The highest BCUT2D eigenvalue weighted by atomic mass is 35.5. The third-order valence-electron chi connectivity index (χ3n) is 3.54. The minimum atomic E-state index is -0.171. The van der Waals surface area contributed by atoms with Gasteiger partial charge in [0.2, 0.25) is 0 Å². The number of alkyl halides is 1. The highest BCUT2D eigenvalue weighted by molar-refractivity contribution is 6.21. The van der Waals surface area contributed by atoms with Crippen LogP contribution >= 0.6 is 11.6 Å². The minimum absolute atomic E-state index is 0.171. The fraction of sp³-hybridized carbons (Fsp3) is 0.600. The molecule has 0 aromatic heterocycles. The minimum Gasteiger partial charge on any atom is -0.496 e. The van der Waals surface area contributed by atoms with Crippen molar-refractivity contribution in [2.45, 2.75) is 26.1 Å². The molecule has 0 aliphatic heterocycles. The first-order valence-electron chi connectivity index (χ1n) is 6.40. The van der Waals surface area contributed by atoms with Gasteiger partial charge >= 0.3 is 0 Å². The summed E-state index contributed by atoms with van der Waals surface area (Å²) in [5.74, 6) is 2.86. The molecule has 0 saturated heterocycles. The Morgan fingerprint density at radius 1 is 0.895 bits per heavy atom. The average Bonchev–Trinajstić information content (AvgIpc) is 2.43. The number of hydrogen-bond acceptors (Lipinski definition) is 3. The topological polar surface area (TPSA) is 27.7 Å². The van der Waals surface area contributed by atoms with E-state index in [1.165, 1.54) is 0 Å². The van der Waals surface area contributed by atoms with E-state index in [4.69, 9.17) is 25.8 Å². The Morgan fingerprint density at radius 3 is 1.68 bits per heavy atom. The number of rotatable bonds is 6. The largest absolute Gasteiger partial charge is 0.496 e. The lowest BCUT2D eigenvalue weighted by Crippen LogP contribution is -2.13. The monoisotopic (exact) mass is 286 g/mol. The fourth-order valence-corrected chi connectivity index (χ4v) is 2.41. The van der Waals surface area contributed by atoms with Gasteiger partial charge in [-0.15, -0.1) is 11.6 Å². The zero-order valence-electron chi connectivity index (χ0n) is 12.5. The molecule has 0 aliphatic rings. The van der Waals surface area contributed by atoms with Gasteiger partial charge < -0.3 is 14.2 Å². The fourth-order valence-electron chi connectivity index (χ4n) is 1.91. The Morgan fingerprint density at radius 2 is 1.37 bits per heavy atom. The van der Waals surface area contributed by atoms with E-state index in [2.05, 4.69) is 20.8 Å². The second-order valence-electron chi connectivity index (χ2n) is 4.95. The van der Waals surface area contributed by atoms with E-state index in [1.54, 1.807) is 21.3 Å². The maximum atomic E-state index is 6.61. The molecule has 0 spiro atoms. The molecule has 2 unspecified atom stereocenters. The van der Waals surface area contributed by atoms with Crippen LogP contribution in [0.2, 0.25) is 0 Å². The highest BCUT2D eigenvalue weighted by Crippen LogP contribution is 2.45. The van der Waals surface area contributed by atoms with Crippen molar-refractivity contribution < 1.29 is 14.2 Å². The Kier molecular flexibility index (Phi) is 5.80. The molecule has 1 rings (SSSR count). The van der Waals surface area contributed by atoms with Crippen LogP contribution in [0, 0.1) is 11.8 Å². The number of hydrogen-bond donors (Lipinski definition) is 0. The molecule has 0 N–H and O–H groups in total. The Hall–Kier alpha value is -1.09. The molecule has 0 heterocycles. The third-order valence-corrected chi connectivity index (χ3v) is 4.16. The van der Waals surface area contributed by atoms with Crippen molar-refractivity contribution in [2.24, 2.45) is 11.8 Å². The van der Waals surface area contributed by atoms with Crippen molar-refractivity contribution in [1.29, 1.82) is 0 Å². The zero-order valence-corrected chi connectivity index (χ0v) is 13.2. The quantitative estimate of drug-likeness (QED) is 0.730. The van der Waals surface area contributed by atoms with Gasteiger partial charge in [0, 0.05) is 12.1 Å². The van der Waals surface area contributed by atoms with Crippen LogP contribution < -0.4 is 14.2 Å². The molecule has 0 bridgehead atoms. The van der Waals surface area contributed by atoms with Gasteiger partial charge in [-0.25, -0.2) is 0 Å². The summed E-state index contributed by atoms with van der Waals surface area (Å²) in [5, 5.41) is -0.171. The molecule has 4 heteroatoms. The summed E-state index contributed by atoms with van der Waals surface area (Å²) in [4.78, 5) is 0. The second kappa shape index (κ2) is 6.90. The van der Waals surface area contributed by atoms with Crippen LogP contribution in [0.3, 0.4) is 0 Å². The van der Waals surface area contributed by atoms with Crippen LogP contribution in [0.1, 0.15) is 31.7 Å². The molecule has 0 saturated carbocycles. The van der Waals surface area contributed by atoms with Crippen molar-refractivity contribution in [3.8, 4) is 17.2 Å². The molecule has 0 radical (unpaired) electrons. The molecule has 0 aliphatic carbocycles. The highest BCUT2D eigenvalue weighted by Gasteiger charge is 2.27. The van der Waals surface area contributed by atoms with E-state index < -0.39 is 0 Å². The van der Waals surface area contributed by atoms with Gasteiger partial charge in [-0.2, -0.15) is 0 Å². The van der Waals surface area contributed by atoms with E-state index >= 15 is 0 Å². The van der Waals surface area contributed by atoms with Gasteiger partial charge in [-0.05, 0) is 11.8 Å². The lowest BCUT2D eigenvalue weighted by atomic mass is 9.89. The van der Waals surface area contributed by atoms with Crippen LogP contribution in [-0.2, 0) is 0 Å². The van der Waals surface area contributed by atoms with E-state index in [1.807, 2.05) is 12.1 Å². The maximum Gasteiger partial charge on any atom is 0.130 e. The van der Waals surface area contributed by atoms with Crippen molar-refractivity contribution in [3.05, 3.63) is 17.7 Å². The van der Waals surface area contributed by atoms with E-state index in [0.717, 1.165) is 5.56 Å². The summed E-state index contributed by atoms with van der Waals surface area (Å²) in [6.07, 6.45) is 0. The molecular formula is C15H23ClO3. The first-order valence-corrected chi connectivity index (χ1v) is 6.83. The van der Waals surface area contributed by atoms with Gasteiger partial charge in [0.1, 0.15) is 17.2 Å². The van der Waals surface area contributed by atoms with Crippen LogP contribution in [0.5, 0.6) is 17.2 Å². The lowest BCUT2D eigenvalue weighted by molar-refractivity contribution is 0.349. The molecule has 0 amide bonds. The number of benzene rings is 1. The third kappa shape index (κ3) is 3.47. The van der Waals surface area contributed by atoms with Crippen molar-refractivity contribution >= 4 is 11.6 Å². The molecule has 1 aromatic carbocycles. The van der Waals surface area contributed by atoms with E-state index in [0.29, 0.717) is 29.1 Å². The molecule has 1 aromatic rings. The van der Waals surface area contributed by atoms with Crippen LogP contribution in [0.25, 0.3) is 0 Å². The SMILES string of the molecule is COc1cc(OC)c(C(Cl)C(C)C(C)C)c(OC)c1. The molecule has 19 heavy (non-hydrogen) atoms.